The number of benzene rings is 7. The maximum Gasteiger partial charge on any atom is 0.345 e. The van der Waals surface area contributed by atoms with E-state index in [1.165, 1.54) is 40.8 Å². The summed E-state index contributed by atoms with van der Waals surface area (Å²) in [6.45, 7) is 5.67. The Labute approximate surface area is 482 Å². The second kappa shape index (κ2) is 21.6. The third-order valence-electron chi connectivity index (χ3n) is 15.2. The van der Waals surface area contributed by atoms with E-state index in [2.05, 4.69) is 28.7 Å². The van der Waals surface area contributed by atoms with E-state index in [0.29, 0.717) is 106 Å². The molecular formula is C68H49N5O12. The zero-order valence-corrected chi connectivity index (χ0v) is 46.6. The number of methoxy groups -OCH3 is 4. The van der Waals surface area contributed by atoms with Gasteiger partial charge in [0.2, 0.25) is 0 Å². The van der Waals surface area contributed by atoms with E-state index in [9.17, 15) is 19.2 Å². The number of nitrogens with zero attached hydrogens (tertiary/aromatic N) is 5. The lowest BCUT2D eigenvalue weighted by Crippen LogP contribution is -2.21. The largest absolute Gasteiger partial charge is 0.496 e. The highest BCUT2D eigenvalue weighted by atomic mass is 16.5. The lowest BCUT2D eigenvalue weighted by atomic mass is 9.91. The number of fused-ring (bicyclic) bond motifs is 6. The van der Waals surface area contributed by atoms with Crippen molar-refractivity contribution in [3.63, 3.8) is 0 Å². The smallest absolute Gasteiger partial charge is 0.345 e. The second-order valence-corrected chi connectivity index (χ2v) is 20.0. The maximum absolute atomic E-state index is 14.4. The van der Waals surface area contributed by atoms with Crippen LogP contribution in [0.25, 0.3) is 133 Å². The van der Waals surface area contributed by atoms with Crippen LogP contribution in [0, 0.1) is 0 Å². The molecule has 0 bridgehead atoms. The number of aromatic nitrogens is 4. The molecule has 0 aliphatic carbocycles. The average Bonchev–Trinajstić information content (AvgIpc) is 3.01. The van der Waals surface area contributed by atoms with Gasteiger partial charge in [-0.3, -0.25) is 19.9 Å². The van der Waals surface area contributed by atoms with Gasteiger partial charge in [0.25, 0.3) is 0 Å². The quantitative estimate of drug-likeness (QED) is 0.0731. The van der Waals surface area contributed by atoms with Gasteiger partial charge >= 0.3 is 22.5 Å². The van der Waals surface area contributed by atoms with Crippen molar-refractivity contribution in [3.05, 3.63) is 206 Å². The number of hydrogen-bond acceptors (Lipinski definition) is 17. The molecule has 0 saturated carbocycles. The lowest BCUT2D eigenvalue weighted by molar-refractivity contribution is 0.395. The standard InChI is InChI=1S/C68H49N5O12/c1-7-73(8-2)45-16-15-37-23-49(65(74)82-59(37)25-45)43-19-40(20-44(22-43)55-32-71-57(34-69-55)58-35-70-56(33-72-58)52-31-54-61(81-6)27-47(79-4)29-63(54)84-68(52)77)39-17-41(50-24-38-14-13-36-11-9-10-12-48(36)64(38)85-67(50)76)21-42(18-39)51-30-53-60(80-5)26-46(78-3)28-62(53)83-66(51)75/h9-35H,7-8H2,1-6H3. The third kappa shape index (κ3) is 9.72. The third-order valence-corrected chi connectivity index (χ3v) is 15.2. The van der Waals surface area contributed by atoms with Gasteiger partial charge in [-0.15, -0.1) is 0 Å². The molecule has 0 aliphatic heterocycles. The van der Waals surface area contributed by atoms with Crippen molar-refractivity contribution in [2.75, 3.05) is 46.4 Å². The van der Waals surface area contributed by atoms with Gasteiger partial charge in [-0.2, -0.15) is 0 Å². The first-order valence-electron chi connectivity index (χ1n) is 27.1. The molecule has 0 radical (unpaired) electrons. The minimum atomic E-state index is -0.661. The Kier molecular flexibility index (Phi) is 13.5. The molecule has 0 unspecified atom stereocenters. The number of anilines is 1. The summed E-state index contributed by atoms with van der Waals surface area (Å²) in [6.07, 6.45) is 6.08. The van der Waals surface area contributed by atoms with Crippen LogP contribution in [0.3, 0.4) is 0 Å². The molecular weight excluding hydrogens is 1080 g/mol. The molecule has 0 N–H and O–H groups in total. The fraction of sp³-hybridized carbons (Fsp3) is 0.118. The zero-order valence-electron chi connectivity index (χ0n) is 46.6. The van der Waals surface area contributed by atoms with Gasteiger partial charge in [0, 0.05) is 70.8 Å². The number of rotatable bonds is 14. The highest BCUT2D eigenvalue weighted by Gasteiger charge is 2.22. The molecule has 6 heterocycles. The Morgan fingerprint density at radius 3 is 1.41 bits per heavy atom. The van der Waals surface area contributed by atoms with Gasteiger partial charge in [-0.25, -0.2) is 19.2 Å². The first-order valence-corrected chi connectivity index (χ1v) is 27.1. The summed E-state index contributed by atoms with van der Waals surface area (Å²) in [5.74, 6) is 1.75. The highest BCUT2D eigenvalue weighted by Crippen LogP contribution is 2.40. The van der Waals surface area contributed by atoms with Gasteiger partial charge in [0.1, 0.15) is 56.7 Å². The van der Waals surface area contributed by atoms with Crippen LogP contribution in [0.4, 0.5) is 5.69 Å². The first kappa shape index (κ1) is 53.1. The van der Waals surface area contributed by atoms with Crippen LogP contribution in [-0.2, 0) is 0 Å². The second-order valence-electron chi connectivity index (χ2n) is 20.0. The summed E-state index contributed by atoms with van der Waals surface area (Å²) in [5.41, 5.74) is 5.08. The number of ether oxygens (including phenoxy) is 4. The van der Waals surface area contributed by atoms with Crippen LogP contribution < -0.4 is 46.3 Å². The van der Waals surface area contributed by atoms with Crippen molar-refractivity contribution in [2.24, 2.45) is 0 Å². The summed E-state index contributed by atoms with van der Waals surface area (Å²) in [4.78, 5) is 77.4. The normalized spacial score (nSPS) is 11.5. The molecule has 17 heteroatoms. The molecule has 7 aromatic carbocycles. The van der Waals surface area contributed by atoms with Crippen molar-refractivity contribution >= 4 is 60.3 Å². The first-order chi connectivity index (χ1) is 41.4. The summed E-state index contributed by atoms with van der Waals surface area (Å²) < 4.78 is 46.1. The van der Waals surface area contributed by atoms with Crippen molar-refractivity contribution in [3.8, 4) is 101 Å². The van der Waals surface area contributed by atoms with Gasteiger partial charge in [0.05, 0.1) is 97.6 Å². The maximum atomic E-state index is 14.4. The van der Waals surface area contributed by atoms with E-state index < -0.39 is 22.5 Å². The van der Waals surface area contributed by atoms with Crippen LogP contribution in [0.15, 0.2) is 201 Å². The topological polar surface area (TPSA) is 213 Å². The average molecular weight is 1130 g/mol. The molecule has 0 spiro atoms. The fourth-order valence-electron chi connectivity index (χ4n) is 10.8. The van der Waals surface area contributed by atoms with E-state index in [4.69, 9.17) is 46.6 Å². The molecule has 0 fully saturated rings. The SMILES string of the molecule is CCN(CC)c1ccc2cc(-c3cc(-c4cc(-c5cc6c(OC)cc(OC)cc6oc5=O)cc(-c5cc6ccc7ccccc7c6oc5=O)c4)cc(-c4cnc(-c5cnc(-c6cc7c(OC)cc(OC)cc7oc6=O)cn5)cn4)c3)c(=O)oc2c1. The summed E-state index contributed by atoms with van der Waals surface area (Å²) in [6, 6.07) is 41.8. The molecule has 17 nitrogen and oxygen atoms in total. The summed E-state index contributed by atoms with van der Waals surface area (Å²) in [5, 5.41) is 4.12. The van der Waals surface area contributed by atoms with E-state index >= 15 is 0 Å². The van der Waals surface area contributed by atoms with Crippen LogP contribution >= 0.6 is 0 Å². The highest BCUT2D eigenvalue weighted by molar-refractivity contribution is 6.05. The molecule has 13 rings (SSSR count). The molecule has 0 aliphatic rings. The van der Waals surface area contributed by atoms with E-state index in [-0.39, 0.29) is 39.1 Å². The van der Waals surface area contributed by atoms with Crippen LogP contribution in [-0.4, -0.2) is 61.5 Å². The van der Waals surface area contributed by atoms with Gasteiger partial charge in [-0.1, -0.05) is 36.4 Å². The molecule has 0 atom stereocenters. The predicted octanol–water partition coefficient (Wildman–Crippen LogP) is 13.4. The van der Waals surface area contributed by atoms with Gasteiger partial charge in [0.15, 0.2) is 0 Å². The minimum absolute atomic E-state index is 0.172. The Morgan fingerprint density at radius 1 is 0.376 bits per heavy atom. The molecule has 13 aromatic rings. The minimum Gasteiger partial charge on any atom is -0.496 e. The molecule has 0 saturated heterocycles. The van der Waals surface area contributed by atoms with Crippen LogP contribution in [0.1, 0.15) is 13.8 Å². The Hall–Kier alpha value is -11.2. The van der Waals surface area contributed by atoms with Crippen molar-refractivity contribution in [1.82, 2.24) is 19.9 Å². The van der Waals surface area contributed by atoms with Crippen molar-refractivity contribution in [2.45, 2.75) is 13.8 Å². The Bertz CT molecular complexity index is 5090. The molecule has 418 valence electrons. The van der Waals surface area contributed by atoms with Crippen molar-refractivity contribution < 1.29 is 36.6 Å². The Morgan fingerprint density at radius 2 is 0.835 bits per heavy atom. The number of hydrogen-bond donors (Lipinski definition) is 0. The molecule has 6 aromatic heterocycles. The summed E-state index contributed by atoms with van der Waals surface area (Å²) >= 11 is 0. The predicted molar refractivity (Wildman–Crippen MR) is 327 cm³/mol. The van der Waals surface area contributed by atoms with Crippen molar-refractivity contribution in [1.29, 1.82) is 0 Å². The van der Waals surface area contributed by atoms with E-state index in [1.807, 2.05) is 84.9 Å². The Balaban J connectivity index is 0.969. The van der Waals surface area contributed by atoms with Crippen LogP contribution in [0.5, 0.6) is 23.0 Å². The van der Waals surface area contributed by atoms with E-state index in [0.717, 1.165) is 29.5 Å². The molecule has 0 amide bonds. The summed E-state index contributed by atoms with van der Waals surface area (Å²) in [7, 11) is 6.04. The lowest BCUT2D eigenvalue weighted by Gasteiger charge is -2.21. The molecule has 85 heavy (non-hydrogen) atoms. The van der Waals surface area contributed by atoms with Gasteiger partial charge in [-0.05, 0) is 120 Å². The zero-order chi connectivity index (χ0) is 58.6. The monoisotopic (exact) mass is 1130 g/mol. The van der Waals surface area contributed by atoms with Gasteiger partial charge < -0.3 is 41.5 Å². The van der Waals surface area contributed by atoms with E-state index in [1.54, 1.807) is 67.0 Å². The fourth-order valence-corrected chi connectivity index (χ4v) is 10.8. The van der Waals surface area contributed by atoms with Crippen LogP contribution in [0.2, 0.25) is 0 Å².